The Labute approximate surface area is 173 Å². The molecule has 0 bridgehead atoms. The number of benzene rings is 2. The van der Waals surface area contributed by atoms with Gasteiger partial charge < -0.3 is 10.2 Å². The minimum absolute atomic E-state index is 0.0213. The van der Waals surface area contributed by atoms with E-state index in [0.717, 1.165) is 36.1 Å². The van der Waals surface area contributed by atoms with Crippen LogP contribution in [-0.2, 0) is 11.3 Å². The second kappa shape index (κ2) is 8.98. The van der Waals surface area contributed by atoms with Crippen LogP contribution in [0.4, 0.5) is 14.7 Å². The Kier molecular flexibility index (Phi) is 5.97. The van der Waals surface area contributed by atoms with Gasteiger partial charge in [0.25, 0.3) is 0 Å². The number of hydrogen-bond donors (Lipinski definition) is 1. The van der Waals surface area contributed by atoms with Crippen LogP contribution in [0.5, 0.6) is 0 Å². The lowest BCUT2D eigenvalue weighted by atomic mass is 9.97. The highest BCUT2D eigenvalue weighted by atomic mass is 19.1. The van der Waals surface area contributed by atoms with Crippen molar-refractivity contribution in [3.8, 4) is 11.1 Å². The van der Waals surface area contributed by atoms with Crippen LogP contribution in [0.15, 0.2) is 60.9 Å². The molecule has 7 heteroatoms. The van der Waals surface area contributed by atoms with E-state index >= 15 is 0 Å². The van der Waals surface area contributed by atoms with Crippen molar-refractivity contribution in [2.24, 2.45) is 5.92 Å². The summed E-state index contributed by atoms with van der Waals surface area (Å²) in [5.74, 6) is -0.171. The van der Waals surface area contributed by atoms with Crippen LogP contribution in [0.25, 0.3) is 11.1 Å². The second-order valence-electron chi connectivity index (χ2n) is 7.41. The zero-order valence-electron chi connectivity index (χ0n) is 16.4. The van der Waals surface area contributed by atoms with Crippen molar-refractivity contribution in [2.75, 3.05) is 18.0 Å². The number of rotatable bonds is 5. The van der Waals surface area contributed by atoms with Crippen LogP contribution in [0.3, 0.4) is 0 Å². The lowest BCUT2D eigenvalue weighted by molar-refractivity contribution is -0.125. The molecule has 2 aromatic carbocycles. The van der Waals surface area contributed by atoms with Gasteiger partial charge in [-0.3, -0.25) is 4.79 Å². The molecule has 4 rings (SSSR count). The summed E-state index contributed by atoms with van der Waals surface area (Å²) in [4.78, 5) is 23.5. The second-order valence-corrected chi connectivity index (χ2v) is 7.41. The van der Waals surface area contributed by atoms with Gasteiger partial charge in [-0.1, -0.05) is 24.3 Å². The van der Waals surface area contributed by atoms with Crippen molar-refractivity contribution in [1.29, 1.82) is 0 Å². The van der Waals surface area contributed by atoms with E-state index in [1.54, 1.807) is 36.7 Å². The molecule has 0 saturated carbocycles. The molecule has 1 unspecified atom stereocenters. The summed E-state index contributed by atoms with van der Waals surface area (Å²) in [5, 5.41) is 2.94. The maximum atomic E-state index is 13.1. The quantitative estimate of drug-likeness (QED) is 0.695. The van der Waals surface area contributed by atoms with Gasteiger partial charge in [0.1, 0.15) is 11.6 Å². The van der Waals surface area contributed by atoms with E-state index in [4.69, 9.17) is 0 Å². The molecule has 0 spiro atoms. The normalized spacial score (nSPS) is 16.3. The number of nitrogens with zero attached hydrogens (tertiary/aromatic N) is 3. The van der Waals surface area contributed by atoms with E-state index in [2.05, 4.69) is 15.3 Å². The topological polar surface area (TPSA) is 58.1 Å². The van der Waals surface area contributed by atoms with Crippen molar-refractivity contribution in [2.45, 2.75) is 19.4 Å². The molecule has 1 N–H and O–H groups in total. The highest BCUT2D eigenvalue weighted by Gasteiger charge is 2.27. The number of amides is 1. The summed E-state index contributed by atoms with van der Waals surface area (Å²) in [5.41, 5.74) is 2.51. The Hall–Kier alpha value is -3.35. The van der Waals surface area contributed by atoms with Crippen molar-refractivity contribution < 1.29 is 13.6 Å². The molecule has 1 fully saturated rings. The number of hydrogen-bond acceptors (Lipinski definition) is 4. The molecule has 5 nitrogen and oxygen atoms in total. The molecule has 0 radical (unpaired) electrons. The number of nitrogens with one attached hydrogen (secondary N) is 1. The van der Waals surface area contributed by atoms with Gasteiger partial charge in [-0.25, -0.2) is 18.7 Å². The molecule has 154 valence electrons. The highest BCUT2D eigenvalue weighted by Crippen LogP contribution is 2.23. The average molecular weight is 408 g/mol. The van der Waals surface area contributed by atoms with Gasteiger partial charge in [-0.15, -0.1) is 0 Å². The van der Waals surface area contributed by atoms with Crippen LogP contribution in [-0.4, -0.2) is 29.0 Å². The standard InChI is InChI=1S/C23H22F2N4O/c24-20-7-3-16(4-8-20)12-26-22(30)18-2-1-11-29(15-18)23-27-13-19(14-28-23)17-5-9-21(25)10-6-17/h3-10,13-14,18H,1-2,11-12,15H2,(H,26,30). The summed E-state index contributed by atoms with van der Waals surface area (Å²) >= 11 is 0. The van der Waals surface area contributed by atoms with Gasteiger partial charge in [0, 0.05) is 37.6 Å². The molecular formula is C23H22F2N4O. The Balaban J connectivity index is 1.36. The monoisotopic (exact) mass is 408 g/mol. The molecule has 30 heavy (non-hydrogen) atoms. The van der Waals surface area contributed by atoms with Gasteiger partial charge in [-0.05, 0) is 48.2 Å². The molecule has 1 aromatic heterocycles. The van der Waals surface area contributed by atoms with Crippen LogP contribution in [0, 0.1) is 17.6 Å². The molecule has 2 heterocycles. The van der Waals surface area contributed by atoms with E-state index in [9.17, 15) is 13.6 Å². The van der Waals surface area contributed by atoms with Gasteiger partial charge in [-0.2, -0.15) is 0 Å². The average Bonchev–Trinajstić information content (AvgIpc) is 2.79. The number of piperidine rings is 1. The van der Waals surface area contributed by atoms with Crippen LogP contribution in [0.1, 0.15) is 18.4 Å². The number of anilines is 1. The summed E-state index contributed by atoms with van der Waals surface area (Å²) in [6.45, 7) is 1.71. The molecule has 1 saturated heterocycles. The largest absolute Gasteiger partial charge is 0.352 e. The Bertz CT molecular complexity index is 991. The number of carbonyl (C=O) groups is 1. The van der Waals surface area contributed by atoms with Crippen LogP contribution < -0.4 is 10.2 Å². The van der Waals surface area contributed by atoms with Crippen molar-refractivity contribution in [3.63, 3.8) is 0 Å². The fourth-order valence-electron chi connectivity index (χ4n) is 3.58. The van der Waals surface area contributed by atoms with Gasteiger partial charge in [0.15, 0.2) is 0 Å². The zero-order chi connectivity index (χ0) is 20.9. The van der Waals surface area contributed by atoms with E-state index in [1.807, 2.05) is 4.90 Å². The summed E-state index contributed by atoms with van der Waals surface area (Å²) in [6, 6.07) is 12.3. The summed E-state index contributed by atoms with van der Waals surface area (Å²) in [7, 11) is 0. The molecule has 1 aliphatic rings. The van der Waals surface area contributed by atoms with Gasteiger partial charge in [0.05, 0.1) is 5.92 Å². The predicted molar refractivity (Wildman–Crippen MR) is 111 cm³/mol. The van der Waals surface area contributed by atoms with Crippen LogP contribution >= 0.6 is 0 Å². The Morgan fingerprint density at radius 3 is 2.27 bits per heavy atom. The zero-order valence-corrected chi connectivity index (χ0v) is 16.4. The molecule has 1 aliphatic heterocycles. The van der Waals surface area contributed by atoms with Gasteiger partial charge >= 0.3 is 0 Å². The first-order valence-electron chi connectivity index (χ1n) is 9.93. The fourth-order valence-corrected chi connectivity index (χ4v) is 3.58. The maximum Gasteiger partial charge on any atom is 0.225 e. The van der Waals surface area contributed by atoms with E-state index in [1.165, 1.54) is 24.3 Å². The molecule has 1 amide bonds. The SMILES string of the molecule is O=C(NCc1ccc(F)cc1)C1CCCN(c2ncc(-c3ccc(F)cc3)cn2)C1. The Morgan fingerprint density at radius 2 is 1.60 bits per heavy atom. The maximum absolute atomic E-state index is 13.1. The smallest absolute Gasteiger partial charge is 0.225 e. The minimum Gasteiger partial charge on any atom is -0.352 e. The molecule has 3 aromatic rings. The fraction of sp³-hybridized carbons (Fsp3) is 0.261. The third kappa shape index (κ3) is 4.79. The molecule has 0 aliphatic carbocycles. The summed E-state index contributed by atoms with van der Waals surface area (Å²) < 4.78 is 26.1. The third-order valence-electron chi connectivity index (χ3n) is 5.27. The van der Waals surface area contributed by atoms with Crippen molar-refractivity contribution in [3.05, 3.63) is 78.1 Å². The third-order valence-corrected chi connectivity index (χ3v) is 5.27. The highest BCUT2D eigenvalue weighted by molar-refractivity contribution is 5.79. The number of carbonyl (C=O) groups excluding carboxylic acids is 1. The van der Waals surface area contributed by atoms with E-state index in [0.29, 0.717) is 19.0 Å². The van der Waals surface area contributed by atoms with Crippen molar-refractivity contribution in [1.82, 2.24) is 15.3 Å². The van der Waals surface area contributed by atoms with Gasteiger partial charge in [0.2, 0.25) is 11.9 Å². The first-order valence-corrected chi connectivity index (χ1v) is 9.93. The minimum atomic E-state index is -0.293. The predicted octanol–water partition coefficient (Wildman–Crippen LogP) is 3.95. The number of aromatic nitrogens is 2. The Morgan fingerprint density at radius 1 is 0.967 bits per heavy atom. The van der Waals surface area contributed by atoms with E-state index in [-0.39, 0.29) is 23.5 Å². The van der Waals surface area contributed by atoms with E-state index < -0.39 is 0 Å². The summed E-state index contributed by atoms with van der Waals surface area (Å²) in [6.07, 6.45) is 5.11. The first-order chi connectivity index (χ1) is 14.6. The molecule has 1 atom stereocenters. The lowest BCUT2D eigenvalue weighted by Crippen LogP contribution is -2.43. The lowest BCUT2D eigenvalue weighted by Gasteiger charge is -2.32. The number of halogens is 2. The molecular weight excluding hydrogens is 386 g/mol. The first kappa shape index (κ1) is 19.9. The van der Waals surface area contributed by atoms with Crippen LogP contribution in [0.2, 0.25) is 0 Å². The van der Waals surface area contributed by atoms with Crippen molar-refractivity contribution >= 4 is 11.9 Å².